The Morgan fingerprint density at radius 3 is 2.25 bits per heavy atom. The highest BCUT2D eigenvalue weighted by molar-refractivity contribution is 6.19. The zero-order valence-electron chi connectivity index (χ0n) is 8.42. The Kier molecular flexibility index (Phi) is 4.44. The van der Waals surface area contributed by atoms with Crippen molar-refractivity contribution in [1.29, 1.82) is 0 Å². The Bertz CT molecular complexity index is 324. The highest BCUT2D eigenvalue weighted by atomic mass is 35.5. The SMILES string of the molecule is COc1ccc(C(Cl)OCC(F)(F)F)cc1. The number of ether oxygens (including phenoxy) is 2. The standard InChI is InChI=1S/C10H10ClF3O2/c1-15-8-4-2-7(3-5-8)9(11)16-6-10(12,13)14/h2-5,9H,6H2,1H3. The van der Waals surface area contributed by atoms with E-state index < -0.39 is 18.3 Å². The minimum atomic E-state index is -4.38. The number of rotatable bonds is 4. The molecule has 0 saturated carbocycles. The molecule has 1 aromatic carbocycles. The van der Waals surface area contributed by atoms with E-state index in [4.69, 9.17) is 16.3 Å². The molecule has 1 rings (SSSR count). The van der Waals surface area contributed by atoms with Crippen LogP contribution in [0.3, 0.4) is 0 Å². The summed E-state index contributed by atoms with van der Waals surface area (Å²) in [5, 5.41) is 0. The van der Waals surface area contributed by atoms with Crippen LogP contribution in [0.2, 0.25) is 0 Å². The number of alkyl halides is 4. The van der Waals surface area contributed by atoms with Gasteiger partial charge in [-0.05, 0) is 17.7 Å². The normalized spacial score (nSPS) is 13.6. The van der Waals surface area contributed by atoms with E-state index in [2.05, 4.69) is 4.74 Å². The van der Waals surface area contributed by atoms with E-state index in [1.165, 1.54) is 7.11 Å². The summed E-state index contributed by atoms with van der Waals surface area (Å²) in [5.74, 6) is 0.600. The van der Waals surface area contributed by atoms with Gasteiger partial charge in [-0.1, -0.05) is 23.7 Å². The summed E-state index contributed by atoms with van der Waals surface area (Å²) in [6.07, 6.45) is -4.38. The minimum absolute atomic E-state index is 0.451. The smallest absolute Gasteiger partial charge is 0.411 e. The fraction of sp³-hybridized carbons (Fsp3) is 0.400. The minimum Gasteiger partial charge on any atom is -0.497 e. The van der Waals surface area contributed by atoms with Crippen molar-refractivity contribution in [1.82, 2.24) is 0 Å². The molecule has 0 spiro atoms. The molecule has 0 radical (unpaired) electrons. The Hall–Kier alpha value is -0.940. The van der Waals surface area contributed by atoms with E-state index in [1.807, 2.05) is 0 Å². The molecule has 1 atom stereocenters. The fourth-order valence-electron chi connectivity index (χ4n) is 1.02. The van der Waals surface area contributed by atoms with E-state index in [0.29, 0.717) is 11.3 Å². The van der Waals surface area contributed by atoms with Gasteiger partial charge in [-0.25, -0.2) is 0 Å². The molecule has 16 heavy (non-hydrogen) atoms. The average Bonchev–Trinajstić information content (AvgIpc) is 2.25. The Labute approximate surface area is 95.9 Å². The van der Waals surface area contributed by atoms with Crippen molar-refractivity contribution < 1.29 is 22.6 Å². The molecule has 0 aliphatic heterocycles. The lowest BCUT2D eigenvalue weighted by molar-refractivity contribution is -0.178. The highest BCUT2D eigenvalue weighted by Crippen LogP contribution is 2.26. The Morgan fingerprint density at radius 1 is 1.25 bits per heavy atom. The van der Waals surface area contributed by atoms with Crippen molar-refractivity contribution >= 4 is 11.6 Å². The number of hydrogen-bond acceptors (Lipinski definition) is 2. The summed E-state index contributed by atoms with van der Waals surface area (Å²) in [5.41, 5.74) is -0.667. The van der Waals surface area contributed by atoms with Gasteiger partial charge in [0, 0.05) is 0 Å². The van der Waals surface area contributed by atoms with Crippen LogP contribution in [0.4, 0.5) is 13.2 Å². The lowest BCUT2D eigenvalue weighted by Crippen LogP contribution is -2.17. The van der Waals surface area contributed by atoms with Crippen LogP contribution in [0.1, 0.15) is 11.1 Å². The monoisotopic (exact) mass is 254 g/mol. The molecular formula is C10H10ClF3O2. The zero-order chi connectivity index (χ0) is 12.2. The van der Waals surface area contributed by atoms with Gasteiger partial charge in [-0.2, -0.15) is 13.2 Å². The van der Waals surface area contributed by atoms with Gasteiger partial charge in [0.25, 0.3) is 0 Å². The van der Waals surface area contributed by atoms with Gasteiger partial charge in [-0.15, -0.1) is 0 Å². The summed E-state index contributed by atoms with van der Waals surface area (Å²) in [4.78, 5) is 0. The van der Waals surface area contributed by atoms with Crippen molar-refractivity contribution in [3.05, 3.63) is 29.8 Å². The number of halogens is 4. The first-order valence-corrected chi connectivity index (χ1v) is 4.82. The molecule has 0 aliphatic rings. The van der Waals surface area contributed by atoms with Crippen LogP contribution in [0.5, 0.6) is 5.75 Å². The summed E-state index contributed by atoms with van der Waals surface area (Å²) in [6.45, 7) is -1.37. The van der Waals surface area contributed by atoms with Gasteiger partial charge in [0.05, 0.1) is 7.11 Å². The third-order valence-electron chi connectivity index (χ3n) is 1.77. The largest absolute Gasteiger partial charge is 0.497 e. The molecule has 6 heteroatoms. The molecule has 0 aliphatic carbocycles. The second-order valence-corrected chi connectivity index (χ2v) is 3.41. The second-order valence-electron chi connectivity index (χ2n) is 3.02. The second kappa shape index (κ2) is 5.41. The molecule has 0 fully saturated rings. The van der Waals surface area contributed by atoms with Crippen LogP contribution in [0.25, 0.3) is 0 Å². The van der Waals surface area contributed by atoms with Crippen LogP contribution in [-0.4, -0.2) is 19.9 Å². The van der Waals surface area contributed by atoms with E-state index in [1.54, 1.807) is 24.3 Å². The average molecular weight is 255 g/mol. The van der Waals surface area contributed by atoms with Crippen LogP contribution in [-0.2, 0) is 4.74 Å². The first-order valence-electron chi connectivity index (χ1n) is 4.39. The van der Waals surface area contributed by atoms with Crippen molar-refractivity contribution in [3.8, 4) is 5.75 Å². The van der Waals surface area contributed by atoms with E-state index >= 15 is 0 Å². The molecule has 0 amide bonds. The van der Waals surface area contributed by atoms with Crippen LogP contribution >= 0.6 is 11.6 Å². The van der Waals surface area contributed by atoms with Gasteiger partial charge in [0.15, 0.2) is 5.56 Å². The number of methoxy groups -OCH3 is 1. The predicted molar refractivity (Wildman–Crippen MR) is 53.6 cm³/mol. The number of benzene rings is 1. The van der Waals surface area contributed by atoms with Crippen molar-refractivity contribution in [2.75, 3.05) is 13.7 Å². The van der Waals surface area contributed by atoms with Gasteiger partial charge < -0.3 is 9.47 Å². The van der Waals surface area contributed by atoms with Gasteiger partial charge in [0.2, 0.25) is 0 Å². The molecule has 1 aromatic rings. The van der Waals surface area contributed by atoms with Crippen molar-refractivity contribution in [3.63, 3.8) is 0 Å². The molecule has 0 saturated heterocycles. The molecule has 0 bridgehead atoms. The van der Waals surface area contributed by atoms with Gasteiger partial charge in [-0.3, -0.25) is 0 Å². The molecule has 0 heterocycles. The Balaban J connectivity index is 2.56. The van der Waals surface area contributed by atoms with E-state index in [9.17, 15) is 13.2 Å². The van der Waals surface area contributed by atoms with Crippen LogP contribution in [0, 0.1) is 0 Å². The molecule has 1 unspecified atom stereocenters. The molecule has 0 aromatic heterocycles. The topological polar surface area (TPSA) is 18.5 Å². The van der Waals surface area contributed by atoms with E-state index in [0.717, 1.165) is 0 Å². The molecule has 2 nitrogen and oxygen atoms in total. The first kappa shape index (κ1) is 13.1. The van der Waals surface area contributed by atoms with E-state index in [-0.39, 0.29) is 0 Å². The van der Waals surface area contributed by atoms with Gasteiger partial charge in [0.1, 0.15) is 12.4 Å². The molecular weight excluding hydrogens is 245 g/mol. The maximum Gasteiger partial charge on any atom is 0.411 e. The lowest BCUT2D eigenvalue weighted by Gasteiger charge is -2.13. The molecule has 0 N–H and O–H groups in total. The third kappa shape index (κ3) is 4.28. The Morgan fingerprint density at radius 2 is 1.81 bits per heavy atom. The van der Waals surface area contributed by atoms with Crippen LogP contribution < -0.4 is 4.74 Å². The maximum absolute atomic E-state index is 11.8. The van der Waals surface area contributed by atoms with Crippen LogP contribution in [0.15, 0.2) is 24.3 Å². The summed E-state index contributed by atoms with van der Waals surface area (Å²) >= 11 is 5.64. The quantitative estimate of drug-likeness (QED) is 0.766. The van der Waals surface area contributed by atoms with Crippen molar-refractivity contribution in [2.24, 2.45) is 0 Å². The fourth-order valence-corrected chi connectivity index (χ4v) is 1.23. The predicted octanol–water partition coefficient (Wildman–Crippen LogP) is 3.51. The lowest BCUT2D eigenvalue weighted by atomic mass is 10.2. The summed E-state index contributed by atoms with van der Waals surface area (Å²) < 4.78 is 44.9. The summed E-state index contributed by atoms with van der Waals surface area (Å²) in [7, 11) is 1.49. The third-order valence-corrected chi connectivity index (χ3v) is 2.15. The molecule has 90 valence electrons. The highest BCUT2D eigenvalue weighted by Gasteiger charge is 2.29. The summed E-state index contributed by atoms with van der Waals surface area (Å²) in [6, 6.07) is 6.29. The number of hydrogen-bond donors (Lipinski definition) is 0. The first-order chi connectivity index (χ1) is 7.42. The zero-order valence-corrected chi connectivity index (χ0v) is 9.18. The van der Waals surface area contributed by atoms with Gasteiger partial charge >= 0.3 is 6.18 Å². The van der Waals surface area contributed by atoms with Crippen molar-refractivity contribution in [2.45, 2.75) is 11.7 Å². The maximum atomic E-state index is 11.8.